The van der Waals surface area contributed by atoms with Gasteiger partial charge in [-0.25, -0.2) is 0 Å². The number of nitrogens with one attached hydrogen (secondary N) is 1. The van der Waals surface area contributed by atoms with Crippen LogP contribution in [-0.4, -0.2) is 17.9 Å². The average Bonchev–Trinajstić information content (AvgIpc) is 2.16. The normalized spacial score (nSPS) is 12.5. The summed E-state index contributed by atoms with van der Waals surface area (Å²) in [5.41, 5.74) is 5.23. The van der Waals surface area contributed by atoms with E-state index in [0.29, 0.717) is 18.8 Å². The van der Waals surface area contributed by atoms with Crippen LogP contribution in [0.5, 0.6) is 0 Å². The fourth-order valence-electron chi connectivity index (χ4n) is 1.52. The molecule has 0 rings (SSSR count). The topological polar surface area (TPSA) is 72.2 Å². The zero-order valence-corrected chi connectivity index (χ0v) is 10.6. The Balaban J connectivity index is 3.98. The molecule has 0 saturated carbocycles. The summed E-state index contributed by atoms with van der Waals surface area (Å²) in [6, 6.07) is -0.519. The minimum absolute atomic E-state index is 0.0714. The highest BCUT2D eigenvalue weighted by atomic mass is 16.2. The molecule has 0 heterocycles. The summed E-state index contributed by atoms with van der Waals surface area (Å²) in [5, 5.41) is 2.69. The van der Waals surface area contributed by atoms with Gasteiger partial charge in [-0.2, -0.15) is 0 Å². The maximum absolute atomic E-state index is 11.5. The number of primary amides is 1. The van der Waals surface area contributed by atoms with E-state index in [-0.39, 0.29) is 5.91 Å². The van der Waals surface area contributed by atoms with Crippen LogP contribution in [0, 0.1) is 5.92 Å². The van der Waals surface area contributed by atoms with E-state index < -0.39 is 11.9 Å². The average molecular weight is 228 g/mol. The Labute approximate surface area is 98.0 Å². The summed E-state index contributed by atoms with van der Waals surface area (Å²) >= 11 is 0. The first-order valence-corrected chi connectivity index (χ1v) is 6.06. The number of nitrogens with two attached hydrogens (primary N) is 1. The van der Waals surface area contributed by atoms with Crippen molar-refractivity contribution in [3.05, 3.63) is 0 Å². The highest BCUT2D eigenvalue weighted by Gasteiger charge is 2.18. The van der Waals surface area contributed by atoms with Crippen molar-refractivity contribution in [3.63, 3.8) is 0 Å². The van der Waals surface area contributed by atoms with Gasteiger partial charge in [-0.15, -0.1) is 0 Å². The second-order valence-corrected chi connectivity index (χ2v) is 4.61. The van der Waals surface area contributed by atoms with Crippen LogP contribution in [0.1, 0.15) is 52.9 Å². The minimum Gasteiger partial charge on any atom is -0.368 e. The number of hydrogen-bond acceptors (Lipinski definition) is 2. The maximum atomic E-state index is 11.5. The number of rotatable bonds is 8. The van der Waals surface area contributed by atoms with Gasteiger partial charge in [-0.05, 0) is 18.8 Å². The first-order valence-electron chi connectivity index (χ1n) is 6.06. The third-order valence-corrected chi connectivity index (χ3v) is 2.39. The lowest BCUT2D eigenvalue weighted by molar-refractivity contribution is -0.127. The molecule has 16 heavy (non-hydrogen) atoms. The third-order valence-electron chi connectivity index (χ3n) is 2.39. The van der Waals surface area contributed by atoms with Gasteiger partial charge in [-0.1, -0.05) is 33.6 Å². The smallest absolute Gasteiger partial charge is 0.240 e. The molecule has 0 aliphatic rings. The van der Waals surface area contributed by atoms with Gasteiger partial charge >= 0.3 is 0 Å². The van der Waals surface area contributed by atoms with Crippen LogP contribution in [-0.2, 0) is 9.59 Å². The molecule has 1 atom stereocenters. The molecule has 0 fully saturated rings. The number of hydrogen-bond donors (Lipinski definition) is 2. The first kappa shape index (κ1) is 14.9. The van der Waals surface area contributed by atoms with Gasteiger partial charge < -0.3 is 11.1 Å². The van der Waals surface area contributed by atoms with Crippen molar-refractivity contribution in [3.8, 4) is 0 Å². The van der Waals surface area contributed by atoms with E-state index in [0.717, 1.165) is 19.3 Å². The molecule has 0 radical (unpaired) electrons. The molecule has 2 amide bonds. The molecule has 0 bridgehead atoms. The van der Waals surface area contributed by atoms with E-state index in [1.807, 2.05) is 13.8 Å². The second kappa shape index (κ2) is 8.13. The minimum atomic E-state index is -0.519. The van der Waals surface area contributed by atoms with Gasteiger partial charge in [0.05, 0.1) is 0 Å². The summed E-state index contributed by atoms with van der Waals surface area (Å²) in [5.74, 6) is -0.177. The zero-order chi connectivity index (χ0) is 12.6. The second-order valence-electron chi connectivity index (χ2n) is 4.61. The SMILES string of the molecule is CCCCCC(=O)N[C@@H](CC(C)C)C(N)=O. The number of carbonyl (C=O) groups excluding carboxylic acids is 2. The Morgan fingerprint density at radius 2 is 1.88 bits per heavy atom. The van der Waals surface area contributed by atoms with Crippen LogP contribution >= 0.6 is 0 Å². The molecule has 0 aliphatic heterocycles. The van der Waals surface area contributed by atoms with Crippen molar-refractivity contribution in [1.29, 1.82) is 0 Å². The molecule has 0 saturated heterocycles. The van der Waals surface area contributed by atoms with Gasteiger partial charge in [-0.3, -0.25) is 9.59 Å². The molecule has 4 heteroatoms. The monoisotopic (exact) mass is 228 g/mol. The molecule has 0 spiro atoms. The number of unbranched alkanes of at least 4 members (excludes halogenated alkanes) is 2. The lowest BCUT2D eigenvalue weighted by Crippen LogP contribution is -2.45. The van der Waals surface area contributed by atoms with Crippen LogP contribution in [0.3, 0.4) is 0 Å². The van der Waals surface area contributed by atoms with Gasteiger partial charge in [0, 0.05) is 6.42 Å². The Morgan fingerprint density at radius 3 is 2.31 bits per heavy atom. The Kier molecular flexibility index (Phi) is 7.60. The van der Waals surface area contributed by atoms with E-state index in [1.165, 1.54) is 0 Å². The molecule has 94 valence electrons. The van der Waals surface area contributed by atoms with Crippen LogP contribution in [0.15, 0.2) is 0 Å². The van der Waals surface area contributed by atoms with Gasteiger partial charge in [0.25, 0.3) is 0 Å². The summed E-state index contributed by atoms with van der Waals surface area (Å²) in [4.78, 5) is 22.6. The maximum Gasteiger partial charge on any atom is 0.240 e. The van der Waals surface area contributed by atoms with Gasteiger partial charge in [0.1, 0.15) is 6.04 Å². The lowest BCUT2D eigenvalue weighted by atomic mass is 10.0. The molecule has 0 aromatic carbocycles. The summed E-state index contributed by atoms with van der Waals surface area (Å²) < 4.78 is 0. The highest BCUT2D eigenvalue weighted by Crippen LogP contribution is 2.05. The van der Waals surface area contributed by atoms with E-state index in [9.17, 15) is 9.59 Å². The van der Waals surface area contributed by atoms with Crippen LogP contribution in [0.4, 0.5) is 0 Å². The Bertz CT molecular complexity index is 227. The summed E-state index contributed by atoms with van der Waals surface area (Å²) in [6.45, 7) is 6.08. The van der Waals surface area contributed by atoms with Crippen molar-refractivity contribution in [2.75, 3.05) is 0 Å². The molecular weight excluding hydrogens is 204 g/mol. The van der Waals surface area contributed by atoms with E-state index >= 15 is 0 Å². The highest BCUT2D eigenvalue weighted by molar-refractivity contribution is 5.86. The zero-order valence-electron chi connectivity index (χ0n) is 10.6. The molecule has 3 N–H and O–H groups in total. The molecule has 0 unspecified atom stereocenters. The van der Waals surface area contributed by atoms with Crippen molar-refractivity contribution in [2.24, 2.45) is 11.7 Å². The fourth-order valence-corrected chi connectivity index (χ4v) is 1.52. The molecule has 0 aromatic heterocycles. The van der Waals surface area contributed by atoms with Crippen LogP contribution in [0.2, 0.25) is 0 Å². The molecule has 0 aromatic rings. The standard InChI is InChI=1S/C12H24N2O2/c1-4-5-6-7-11(15)14-10(12(13)16)8-9(2)3/h9-10H,4-8H2,1-3H3,(H2,13,16)(H,14,15)/t10-/m0/s1. The van der Waals surface area contributed by atoms with Crippen LogP contribution < -0.4 is 11.1 Å². The van der Waals surface area contributed by atoms with Gasteiger partial charge in [0.15, 0.2) is 0 Å². The first-order chi connectivity index (χ1) is 7.47. The van der Waals surface area contributed by atoms with Crippen molar-refractivity contribution in [1.82, 2.24) is 5.32 Å². The lowest BCUT2D eigenvalue weighted by Gasteiger charge is -2.17. The summed E-state index contributed by atoms with van der Waals surface area (Å²) in [6.07, 6.45) is 4.08. The van der Waals surface area contributed by atoms with Crippen molar-refractivity contribution in [2.45, 2.75) is 58.9 Å². The summed E-state index contributed by atoms with van der Waals surface area (Å²) in [7, 11) is 0. The van der Waals surface area contributed by atoms with E-state index in [2.05, 4.69) is 12.2 Å². The van der Waals surface area contributed by atoms with E-state index in [4.69, 9.17) is 5.73 Å². The predicted octanol–water partition coefficient (Wildman–Crippen LogP) is 1.58. The quantitative estimate of drug-likeness (QED) is 0.619. The third kappa shape index (κ3) is 7.26. The predicted molar refractivity (Wildman–Crippen MR) is 64.7 cm³/mol. The molecule has 0 aliphatic carbocycles. The number of carbonyl (C=O) groups is 2. The molecule has 4 nitrogen and oxygen atoms in total. The van der Waals surface area contributed by atoms with Crippen molar-refractivity contribution < 1.29 is 9.59 Å². The fraction of sp³-hybridized carbons (Fsp3) is 0.833. The molecular formula is C12H24N2O2. The number of amides is 2. The van der Waals surface area contributed by atoms with Crippen molar-refractivity contribution >= 4 is 11.8 Å². The largest absolute Gasteiger partial charge is 0.368 e. The Morgan fingerprint density at radius 1 is 1.25 bits per heavy atom. The Hall–Kier alpha value is -1.06. The van der Waals surface area contributed by atoms with E-state index in [1.54, 1.807) is 0 Å². The van der Waals surface area contributed by atoms with Crippen LogP contribution in [0.25, 0.3) is 0 Å². The van der Waals surface area contributed by atoms with Gasteiger partial charge in [0.2, 0.25) is 11.8 Å².